The van der Waals surface area contributed by atoms with Crippen molar-refractivity contribution < 1.29 is 14.3 Å². The van der Waals surface area contributed by atoms with E-state index >= 15 is 0 Å². The molecule has 1 aromatic carbocycles. The molecule has 1 amide bonds. The molecule has 2 N–H and O–H groups in total. The summed E-state index contributed by atoms with van der Waals surface area (Å²) in [6, 6.07) is 8.20. The number of ether oxygens (including phenoxy) is 2. The Bertz CT molecular complexity index is 706. The molecule has 9 heteroatoms. The summed E-state index contributed by atoms with van der Waals surface area (Å²) >= 11 is 0. The molecule has 0 unspecified atom stereocenters. The van der Waals surface area contributed by atoms with Crippen LogP contribution < -0.4 is 15.4 Å². The van der Waals surface area contributed by atoms with Gasteiger partial charge in [-0.05, 0) is 24.8 Å². The number of rotatable bonds is 10. The highest BCUT2D eigenvalue weighted by Gasteiger charge is 2.23. The molecule has 174 valence electrons. The number of hydrogen-bond donors (Lipinski definition) is 2. The first-order chi connectivity index (χ1) is 14.7. The monoisotopic (exact) mass is 545 g/mol. The van der Waals surface area contributed by atoms with Gasteiger partial charge < -0.3 is 25.0 Å². The number of hydrogen-bond acceptors (Lipinski definition) is 5. The third-order valence-corrected chi connectivity index (χ3v) is 5.46. The van der Waals surface area contributed by atoms with Crippen molar-refractivity contribution in [2.75, 3.05) is 66.6 Å². The molecule has 0 atom stereocenters. The lowest BCUT2D eigenvalue weighted by atomic mass is 10.2. The highest BCUT2D eigenvalue weighted by atomic mass is 127. The van der Waals surface area contributed by atoms with E-state index in [0.717, 1.165) is 56.0 Å². The van der Waals surface area contributed by atoms with Crippen LogP contribution >= 0.6 is 24.0 Å². The maximum absolute atomic E-state index is 12.0. The number of carbonyl (C=O) groups is 1. The normalized spacial score (nSPS) is 17.1. The molecule has 8 nitrogen and oxygen atoms in total. The van der Waals surface area contributed by atoms with Gasteiger partial charge >= 0.3 is 0 Å². The Labute approximate surface area is 202 Å². The first-order valence-electron chi connectivity index (χ1n) is 10.8. The zero-order valence-electron chi connectivity index (χ0n) is 18.6. The van der Waals surface area contributed by atoms with E-state index in [9.17, 15) is 4.79 Å². The highest BCUT2D eigenvalue weighted by molar-refractivity contribution is 14.0. The molecule has 1 aliphatic heterocycles. The minimum atomic E-state index is 0. The molecule has 2 aliphatic rings. The van der Waals surface area contributed by atoms with Crippen molar-refractivity contribution in [2.45, 2.75) is 19.4 Å². The number of nitrogens with one attached hydrogen (secondary N) is 2. The summed E-state index contributed by atoms with van der Waals surface area (Å²) in [4.78, 5) is 20.9. The Hall–Kier alpha value is -1.59. The minimum Gasteiger partial charge on any atom is -0.493 e. The van der Waals surface area contributed by atoms with Crippen LogP contribution in [-0.4, -0.2) is 88.3 Å². The summed E-state index contributed by atoms with van der Waals surface area (Å²) in [5.74, 6) is 2.62. The number of nitrogens with zero attached hydrogens (tertiary/aromatic N) is 3. The van der Waals surface area contributed by atoms with Gasteiger partial charge in [-0.2, -0.15) is 0 Å². The van der Waals surface area contributed by atoms with Gasteiger partial charge in [-0.15, -0.1) is 24.0 Å². The highest BCUT2D eigenvalue weighted by Crippen LogP contribution is 2.30. The SMILES string of the molecule is CN=C(NCc1ccccc1OCC1CC1)N1CCN(CC(=O)NCCOC)CC1.I. The maximum atomic E-state index is 12.0. The van der Waals surface area contributed by atoms with Crippen molar-refractivity contribution in [1.82, 2.24) is 20.4 Å². The molecule has 0 radical (unpaired) electrons. The Balaban J connectivity index is 0.00000341. The molecule has 1 saturated heterocycles. The summed E-state index contributed by atoms with van der Waals surface area (Å²) in [5.41, 5.74) is 1.14. The van der Waals surface area contributed by atoms with Crippen molar-refractivity contribution in [2.24, 2.45) is 10.9 Å². The Kier molecular flexibility index (Phi) is 11.4. The lowest BCUT2D eigenvalue weighted by Gasteiger charge is -2.36. The molecule has 31 heavy (non-hydrogen) atoms. The molecule has 0 aromatic heterocycles. The number of methoxy groups -OCH3 is 1. The summed E-state index contributed by atoms with van der Waals surface area (Å²) in [7, 11) is 3.44. The Morgan fingerprint density at radius 3 is 2.58 bits per heavy atom. The molecular weight excluding hydrogens is 509 g/mol. The summed E-state index contributed by atoms with van der Waals surface area (Å²) in [6.45, 7) is 6.35. The van der Waals surface area contributed by atoms with Crippen LogP contribution in [0, 0.1) is 5.92 Å². The molecule has 1 aromatic rings. The average Bonchev–Trinajstić information content (AvgIpc) is 3.59. The number of aliphatic imine (C=N–C) groups is 1. The Morgan fingerprint density at radius 1 is 1.16 bits per heavy atom. The Morgan fingerprint density at radius 2 is 1.90 bits per heavy atom. The second-order valence-electron chi connectivity index (χ2n) is 7.87. The van der Waals surface area contributed by atoms with Crippen LogP contribution in [0.1, 0.15) is 18.4 Å². The quantitative estimate of drug-likeness (QED) is 0.201. The molecule has 1 aliphatic carbocycles. The fourth-order valence-electron chi connectivity index (χ4n) is 3.46. The van der Waals surface area contributed by atoms with E-state index in [4.69, 9.17) is 9.47 Å². The average molecular weight is 545 g/mol. The third-order valence-electron chi connectivity index (χ3n) is 5.46. The first-order valence-corrected chi connectivity index (χ1v) is 10.8. The predicted molar refractivity (Wildman–Crippen MR) is 133 cm³/mol. The van der Waals surface area contributed by atoms with Gasteiger partial charge in [0.15, 0.2) is 5.96 Å². The van der Waals surface area contributed by atoms with E-state index in [1.165, 1.54) is 12.8 Å². The van der Waals surface area contributed by atoms with Crippen LogP contribution in [0.25, 0.3) is 0 Å². The van der Waals surface area contributed by atoms with Gasteiger partial charge in [-0.3, -0.25) is 14.7 Å². The minimum absolute atomic E-state index is 0. The maximum Gasteiger partial charge on any atom is 0.234 e. The lowest BCUT2D eigenvalue weighted by Crippen LogP contribution is -2.54. The predicted octanol–water partition coefficient (Wildman–Crippen LogP) is 1.55. The molecular formula is C22H36IN5O3. The largest absolute Gasteiger partial charge is 0.493 e. The van der Waals surface area contributed by atoms with Crippen molar-refractivity contribution in [3.8, 4) is 5.75 Å². The zero-order valence-corrected chi connectivity index (χ0v) is 21.0. The lowest BCUT2D eigenvalue weighted by molar-refractivity contribution is -0.122. The molecule has 3 rings (SSSR count). The van der Waals surface area contributed by atoms with Crippen LogP contribution in [0.2, 0.25) is 0 Å². The van der Waals surface area contributed by atoms with Crippen LogP contribution in [-0.2, 0) is 16.1 Å². The van der Waals surface area contributed by atoms with E-state index in [0.29, 0.717) is 26.2 Å². The van der Waals surface area contributed by atoms with Gasteiger partial charge in [-0.25, -0.2) is 0 Å². The van der Waals surface area contributed by atoms with Gasteiger partial charge in [0.05, 0.1) is 19.8 Å². The second kappa shape index (κ2) is 13.7. The third kappa shape index (κ3) is 8.82. The van der Waals surface area contributed by atoms with Crippen LogP contribution in [0.4, 0.5) is 0 Å². The van der Waals surface area contributed by atoms with Crippen LogP contribution in [0.5, 0.6) is 5.75 Å². The molecule has 0 bridgehead atoms. The molecule has 2 fully saturated rings. The molecule has 1 heterocycles. The second-order valence-corrected chi connectivity index (χ2v) is 7.87. The van der Waals surface area contributed by atoms with E-state index in [1.54, 1.807) is 7.11 Å². The van der Waals surface area contributed by atoms with Gasteiger partial charge in [0.25, 0.3) is 0 Å². The number of halogens is 1. The number of benzene rings is 1. The van der Waals surface area contributed by atoms with Crippen LogP contribution in [0.15, 0.2) is 29.3 Å². The van der Waals surface area contributed by atoms with E-state index < -0.39 is 0 Å². The number of para-hydroxylation sites is 1. The van der Waals surface area contributed by atoms with Crippen molar-refractivity contribution in [1.29, 1.82) is 0 Å². The number of carbonyl (C=O) groups excluding carboxylic acids is 1. The zero-order chi connectivity index (χ0) is 21.2. The molecule has 0 spiro atoms. The molecule has 1 saturated carbocycles. The summed E-state index contributed by atoms with van der Waals surface area (Å²) in [5, 5.41) is 6.35. The van der Waals surface area contributed by atoms with E-state index in [-0.39, 0.29) is 29.9 Å². The van der Waals surface area contributed by atoms with Crippen molar-refractivity contribution >= 4 is 35.8 Å². The first kappa shape index (κ1) is 25.7. The topological polar surface area (TPSA) is 78.4 Å². The van der Waals surface area contributed by atoms with Gasteiger partial charge in [0, 0.05) is 59.0 Å². The van der Waals surface area contributed by atoms with Gasteiger partial charge in [0.2, 0.25) is 5.91 Å². The van der Waals surface area contributed by atoms with Gasteiger partial charge in [-0.1, -0.05) is 18.2 Å². The summed E-state index contributed by atoms with van der Waals surface area (Å²) in [6.07, 6.45) is 2.57. The number of amides is 1. The van der Waals surface area contributed by atoms with E-state index in [1.807, 2.05) is 25.2 Å². The van der Waals surface area contributed by atoms with Crippen molar-refractivity contribution in [3.63, 3.8) is 0 Å². The number of piperazine rings is 1. The van der Waals surface area contributed by atoms with Crippen molar-refractivity contribution in [3.05, 3.63) is 29.8 Å². The van der Waals surface area contributed by atoms with E-state index in [2.05, 4.69) is 31.5 Å². The number of guanidine groups is 1. The van der Waals surface area contributed by atoms with Crippen LogP contribution in [0.3, 0.4) is 0 Å². The van der Waals surface area contributed by atoms with Gasteiger partial charge in [0.1, 0.15) is 5.75 Å². The fourth-order valence-corrected chi connectivity index (χ4v) is 3.46. The smallest absolute Gasteiger partial charge is 0.234 e. The standard InChI is InChI=1S/C22H35N5O3.HI/c1-23-22(25-15-19-5-3-4-6-20(19)30-17-18-7-8-18)27-12-10-26(11-13-27)16-21(28)24-9-14-29-2;/h3-6,18H,7-17H2,1-2H3,(H,23,25)(H,24,28);1H. The summed E-state index contributed by atoms with van der Waals surface area (Å²) < 4.78 is 11.0. The fraction of sp³-hybridized carbons (Fsp3) is 0.636.